The third kappa shape index (κ3) is 4.55. The molecule has 0 saturated heterocycles. The zero-order chi connectivity index (χ0) is 23.5. The number of amides is 2. The number of pyridine rings is 2. The second-order valence-corrected chi connectivity index (χ2v) is 7.73. The van der Waals surface area contributed by atoms with Crippen LogP contribution in [0.2, 0.25) is 0 Å². The number of hydrogen-bond acceptors (Lipinski definition) is 5. The quantitative estimate of drug-likeness (QED) is 0.476. The van der Waals surface area contributed by atoms with Gasteiger partial charge in [0.25, 0.3) is 5.91 Å². The molecule has 4 aromatic rings. The number of nitrogens with zero attached hydrogens (tertiary/aromatic N) is 4. The van der Waals surface area contributed by atoms with Crippen LogP contribution in [-0.4, -0.2) is 40.0 Å². The number of imidazole rings is 1. The normalized spacial score (nSPS) is 10.8. The second-order valence-electron chi connectivity index (χ2n) is 7.73. The van der Waals surface area contributed by atoms with E-state index in [4.69, 9.17) is 0 Å². The summed E-state index contributed by atoms with van der Waals surface area (Å²) < 4.78 is 6.45. The average molecular weight is 444 g/mol. The van der Waals surface area contributed by atoms with Gasteiger partial charge in [0.2, 0.25) is 0 Å². The van der Waals surface area contributed by atoms with Crippen molar-refractivity contribution in [3.8, 4) is 11.3 Å². The summed E-state index contributed by atoms with van der Waals surface area (Å²) in [5.74, 6) is 0.294. The largest absolute Gasteiger partial charge is 0.453 e. The summed E-state index contributed by atoms with van der Waals surface area (Å²) in [5.41, 5.74) is 5.95. The van der Waals surface area contributed by atoms with Crippen molar-refractivity contribution in [2.75, 3.05) is 23.9 Å². The summed E-state index contributed by atoms with van der Waals surface area (Å²) in [6, 6.07) is 13.2. The van der Waals surface area contributed by atoms with E-state index >= 15 is 0 Å². The summed E-state index contributed by atoms with van der Waals surface area (Å²) in [5, 5.41) is 2.52. The Balaban J connectivity index is 1.67. The van der Waals surface area contributed by atoms with Crippen LogP contribution < -0.4 is 10.2 Å². The lowest BCUT2D eigenvalue weighted by Crippen LogP contribution is -2.31. The minimum Gasteiger partial charge on any atom is -0.453 e. The van der Waals surface area contributed by atoms with Crippen LogP contribution in [0.4, 0.5) is 16.3 Å². The van der Waals surface area contributed by atoms with Crippen LogP contribution in [0.5, 0.6) is 0 Å². The molecular weight excluding hydrogens is 418 g/mol. The van der Waals surface area contributed by atoms with Crippen molar-refractivity contribution in [2.45, 2.75) is 20.8 Å². The fraction of sp³-hybridized carbons (Fsp3) is 0.200. The van der Waals surface area contributed by atoms with Gasteiger partial charge < -0.3 is 9.64 Å². The predicted octanol–water partition coefficient (Wildman–Crippen LogP) is 4.86. The number of ether oxygens (including phenoxy) is 1. The predicted molar refractivity (Wildman–Crippen MR) is 128 cm³/mol. The summed E-state index contributed by atoms with van der Waals surface area (Å²) >= 11 is 0. The minimum atomic E-state index is -0.586. The highest BCUT2D eigenvalue weighted by atomic mass is 16.5. The molecule has 0 atom stereocenters. The molecule has 168 valence electrons. The molecule has 3 aromatic heterocycles. The van der Waals surface area contributed by atoms with Gasteiger partial charge >= 0.3 is 6.09 Å². The Morgan fingerprint density at radius 2 is 1.79 bits per heavy atom. The smallest absolute Gasteiger partial charge is 0.412 e. The van der Waals surface area contributed by atoms with Gasteiger partial charge in [-0.15, -0.1) is 0 Å². The average Bonchev–Trinajstić information content (AvgIpc) is 3.22. The molecular formula is C25H25N5O3. The molecule has 3 heterocycles. The third-order valence-electron chi connectivity index (χ3n) is 5.31. The number of anilines is 2. The molecule has 0 unspecified atom stereocenters. The Morgan fingerprint density at radius 3 is 2.42 bits per heavy atom. The number of aryl methyl sites for hydroxylation is 2. The molecule has 0 aliphatic heterocycles. The highest BCUT2D eigenvalue weighted by Gasteiger charge is 2.18. The fourth-order valence-corrected chi connectivity index (χ4v) is 3.80. The first-order valence-electron chi connectivity index (χ1n) is 10.6. The van der Waals surface area contributed by atoms with Gasteiger partial charge in [-0.2, -0.15) is 0 Å². The molecule has 8 heteroatoms. The highest BCUT2D eigenvalue weighted by Crippen LogP contribution is 2.24. The Hall–Kier alpha value is -4.20. The van der Waals surface area contributed by atoms with Gasteiger partial charge in [0.15, 0.2) is 0 Å². The number of aromatic nitrogens is 3. The van der Waals surface area contributed by atoms with Crippen molar-refractivity contribution in [1.29, 1.82) is 0 Å². The van der Waals surface area contributed by atoms with Gasteiger partial charge in [-0.25, -0.2) is 14.8 Å². The van der Waals surface area contributed by atoms with Crippen LogP contribution >= 0.6 is 0 Å². The molecule has 0 fully saturated rings. The Morgan fingerprint density at radius 1 is 1.03 bits per heavy atom. The summed E-state index contributed by atoms with van der Waals surface area (Å²) in [4.78, 5) is 35.3. The SMILES string of the molecule is CCN(C(=O)c1ccc2ncc(-c3ccc(NC(=O)OC)nc3)n2c1)c1cc(C)cc(C)c1. The van der Waals surface area contributed by atoms with Gasteiger partial charge in [0, 0.05) is 30.2 Å². The fourth-order valence-electron chi connectivity index (χ4n) is 3.80. The van der Waals surface area contributed by atoms with Crippen LogP contribution in [0.3, 0.4) is 0 Å². The monoisotopic (exact) mass is 443 g/mol. The molecule has 0 saturated carbocycles. The standard InChI is InChI=1S/C25H25N5O3/c1-5-29(20-11-16(2)10-17(3)12-20)24(31)19-7-9-23-27-14-21(30(23)15-19)18-6-8-22(26-13-18)28-25(32)33-4/h6-15H,5H2,1-4H3,(H,26,28,32). The van der Waals surface area contributed by atoms with Crippen molar-refractivity contribution < 1.29 is 14.3 Å². The number of benzene rings is 1. The molecule has 0 spiro atoms. The molecule has 1 aromatic carbocycles. The molecule has 0 aliphatic rings. The number of carbonyl (C=O) groups excluding carboxylic acids is 2. The maximum absolute atomic E-state index is 13.4. The Bertz CT molecular complexity index is 1310. The van der Waals surface area contributed by atoms with E-state index in [2.05, 4.69) is 26.1 Å². The lowest BCUT2D eigenvalue weighted by molar-refractivity contribution is 0.0988. The highest BCUT2D eigenvalue weighted by molar-refractivity contribution is 6.06. The van der Waals surface area contributed by atoms with E-state index < -0.39 is 6.09 Å². The molecule has 0 bridgehead atoms. The second kappa shape index (κ2) is 9.12. The van der Waals surface area contributed by atoms with Crippen LogP contribution in [0, 0.1) is 13.8 Å². The maximum Gasteiger partial charge on any atom is 0.412 e. The molecule has 33 heavy (non-hydrogen) atoms. The first-order chi connectivity index (χ1) is 15.9. The van der Waals surface area contributed by atoms with Gasteiger partial charge in [0.1, 0.15) is 11.5 Å². The molecule has 8 nitrogen and oxygen atoms in total. The molecule has 4 rings (SSSR count). The van der Waals surface area contributed by atoms with E-state index in [-0.39, 0.29) is 5.91 Å². The summed E-state index contributed by atoms with van der Waals surface area (Å²) in [6.45, 7) is 6.57. The van der Waals surface area contributed by atoms with E-state index in [1.165, 1.54) is 7.11 Å². The molecule has 0 radical (unpaired) electrons. The van der Waals surface area contributed by atoms with Crippen molar-refractivity contribution in [1.82, 2.24) is 14.4 Å². The van der Waals surface area contributed by atoms with E-state index in [1.807, 2.05) is 49.4 Å². The number of nitrogens with one attached hydrogen (secondary N) is 1. The number of carbonyl (C=O) groups is 2. The van der Waals surface area contributed by atoms with E-state index in [0.717, 1.165) is 28.1 Å². The summed E-state index contributed by atoms with van der Waals surface area (Å²) in [6.07, 6.45) is 4.58. The number of fused-ring (bicyclic) bond motifs is 1. The lowest BCUT2D eigenvalue weighted by Gasteiger charge is -2.22. The van der Waals surface area contributed by atoms with Crippen LogP contribution in [0.25, 0.3) is 16.9 Å². The lowest BCUT2D eigenvalue weighted by atomic mass is 10.1. The van der Waals surface area contributed by atoms with Crippen LogP contribution in [0.1, 0.15) is 28.4 Å². The first-order valence-corrected chi connectivity index (χ1v) is 10.6. The number of hydrogen-bond donors (Lipinski definition) is 1. The van der Waals surface area contributed by atoms with Gasteiger partial charge in [-0.1, -0.05) is 6.07 Å². The first kappa shape index (κ1) is 22.0. The Labute approximate surface area is 191 Å². The van der Waals surface area contributed by atoms with Crippen molar-refractivity contribution in [3.05, 3.63) is 77.7 Å². The zero-order valence-corrected chi connectivity index (χ0v) is 19.0. The van der Waals surface area contributed by atoms with Gasteiger partial charge in [0.05, 0.1) is 24.6 Å². The molecule has 0 aliphatic carbocycles. The molecule has 1 N–H and O–H groups in total. The topological polar surface area (TPSA) is 88.8 Å². The minimum absolute atomic E-state index is 0.0835. The zero-order valence-electron chi connectivity index (χ0n) is 19.0. The van der Waals surface area contributed by atoms with Crippen molar-refractivity contribution >= 4 is 29.2 Å². The maximum atomic E-state index is 13.4. The van der Waals surface area contributed by atoms with Crippen LogP contribution in [-0.2, 0) is 4.74 Å². The van der Waals surface area contributed by atoms with E-state index in [9.17, 15) is 9.59 Å². The van der Waals surface area contributed by atoms with Crippen molar-refractivity contribution in [2.24, 2.45) is 0 Å². The van der Waals surface area contributed by atoms with E-state index in [1.54, 1.807) is 35.6 Å². The van der Waals surface area contributed by atoms with E-state index in [0.29, 0.717) is 23.6 Å². The number of methoxy groups -OCH3 is 1. The van der Waals surface area contributed by atoms with Crippen LogP contribution in [0.15, 0.2) is 61.1 Å². The van der Waals surface area contributed by atoms with Crippen molar-refractivity contribution in [3.63, 3.8) is 0 Å². The third-order valence-corrected chi connectivity index (χ3v) is 5.31. The summed E-state index contributed by atoms with van der Waals surface area (Å²) in [7, 11) is 1.29. The molecule has 2 amide bonds. The van der Waals surface area contributed by atoms with Gasteiger partial charge in [-0.05, 0) is 68.3 Å². The number of rotatable bonds is 5. The Kier molecular flexibility index (Phi) is 6.08. The van der Waals surface area contributed by atoms with Gasteiger partial charge in [-0.3, -0.25) is 14.5 Å².